The van der Waals surface area contributed by atoms with Crippen molar-refractivity contribution >= 4 is 6.21 Å². The summed E-state index contributed by atoms with van der Waals surface area (Å²) in [6.07, 6.45) is 2.81. The van der Waals surface area contributed by atoms with Crippen LogP contribution in [0.2, 0.25) is 0 Å². The number of ether oxygens (including phenoxy) is 2. The van der Waals surface area contributed by atoms with Gasteiger partial charge in [0.25, 0.3) is 0 Å². The summed E-state index contributed by atoms with van der Waals surface area (Å²) in [4.78, 5) is 4.82. The monoisotopic (exact) mass is 251 g/mol. The van der Waals surface area contributed by atoms with E-state index in [9.17, 15) is 0 Å². The largest absolute Gasteiger partial charge is 0.491 e. The van der Waals surface area contributed by atoms with E-state index in [0.29, 0.717) is 13.2 Å². The molecule has 100 valence electrons. The van der Waals surface area contributed by atoms with Crippen LogP contribution in [-0.2, 0) is 4.84 Å². The molecule has 0 aliphatic rings. The van der Waals surface area contributed by atoms with Crippen molar-refractivity contribution in [1.82, 2.24) is 0 Å². The lowest BCUT2D eigenvalue weighted by Gasteiger charge is -2.12. The first-order valence-corrected chi connectivity index (χ1v) is 6.29. The molecule has 0 spiro atoms. The van der Waals surface area contributed by atoms with E-state index < -0.39 is 0 Å². The fraction of sp³-hybridized carbons (Fsp3) is 0.500. The van der Waals surface area contributed by atoms with E-state index >= 15 is 0 Å². The summed E-state index contributed by atoms with van der Waals surface area (Å²) in [6, 6.07) is 7.57. The van der Waals surface area contributed by atoms with E-state index in [1.165, 1.54) is 0 Å². The number of nitrogens with zero attached hydrogens (tertiary/aromatic N) is 1. The third kappa shape index (κ3) is 5.57. The fourth-order valence-electron chi connectivity index (χ4n) is 1.22. The zero-order valence-corrected chi connectivity index (χ0v) is 11.3. The standard InChI is InChI=1S/C14H21NO3/c1-4-12(3)18-14-8-6-13(7-9-14)16-11-10-15-17-5-2/h6-10,12H,4-5,11H2,1-3H3. The lowest BCUT2D eigenvalue weighted by molar-refractivity contribution is 0.158. The van der Waals surface area contributed by atoms with Gasteiger partial charge in [0.15, 0.2) is 0 Å². The average Bonchev–Trinajstić information content (AvgIpc) is 2.40. The van der Waals surface area contributed by atoms with E-state index in [-0.39, 0.29) is 6.10 Å². The molecule has 0 fully saturated rings. The van der Waals surface area contributed by atoms with Crippen molar-refractivity contribution in [2.75, 3.05) is 13.2 Å². The van der Waals surface area contributed by atoms with E-state index in [1.807, 2.05) is 31.2 Å². The van der Waals surface area contributed by atoms with Crippen LogP contribution >= 0.6 is 0 Å². The Balaban J connectivity index is 2.36. The predicted octanol–water partition coefficient (Wildman–Crippen LogP) is 3.27. The molecule has 0 heterocycles. The molecule has 1 unspecified atom stereocenters. The van der Waals surface area contributed by atoms with Crippen molar-refractivity contribution < 1.29 is 14.3 Å². The Labute approximate surface area is 109 Å². The summed E-state index contributed by atoms with van der Waals surface area (Å²) in [6.45, 7) is 6.99. The number of benzene rings is 1. The van der Waals surface area contributed by atoms with Crippen LogP contribution in [0.25, 0.3) is 0 Å². The molecular weight excluding hydrogens is 230 g/mol. The smallest absolute Gasteiger partial charge is 0.127 e. The van der Waals surface area contributed by atoms with Gasteiger partial charge >= 0.3 is 0 Å². The first kappa shape index (κ1) is 14.4. The normalized spacial score (nSPS) is 12.4. The maximum atomic E-state index is 5.67. The zero-order valence-electron chi connectivity index (χ0n) is 11.3. The van der Waals surface area contributed by atoms with Gasteiger partial charge in [-0.3, -0.25) is 0 Å². The van der Waals surface area contributed by atoms with Gasteiger partial charge in [-0.25, -0.2) is 0 Å². The van der Waals surface area contributed by atoms with Crippen LogP contribution in [0.4, 0.5) is 0 Å². The van der Waals surface area contributed by atoms with Gasteiger partial charge in [-0.1, -0.05) is 12.1 Å². The minimum absolute atomic E-state index is 0.232. The van der Waals surface area contributed by atoms with Crippen molar-refractivity contribution in [2.45, 2.75) is 33.3 Å². The third-order valence-corrected chi connectivity index (χ3v) is 2.34. The molecule has 1 atom stereocenters. The van der Waals surface area contributed by atoms with E-state index in [2.05, 4.69) is 19.0 Å². The minimum Gasteiger partial charge on any atom is -0.491 e. The highest BCUT2D eigenvalue weighted by atomic mass is 16.6. The molecule has 0 radical (unpaired) electrons. The molecule has 1 aromatic carbocycles. The van der Waals surface area contributed by atoms with Crippen molar-refractivity contribution in [2.24, 2.45) is 5.16 Å². The van der Waals surface area contributed by atoms with Crippen LogP contribution in [0.5, 0.6) is 11.5 Å². The summed E-state index contributed by atoms with van der Waals surface area (Å²) >= 11 is 0. The van der Waals surface area contributed by atoms with Gasteiger partial charge in [-0.05, 0) is 44.5 Å². The number of oxime groups is 1. The van der Waals surface area contributed by atoms with Crippen LogP contribution in [0.15, 0.2) is 29.4 Å². The van der Waals surface area contributed by atoms with Gasteiger partial charge in [0, 0.05) is 0 Å². The average molecular weight is 251 g/mol. The highest BCUT2D eigenvalue weighted by Gasteiger charge is 2.00. The number of rotatable bonds is 8. The third-order valence-electron chi connectivity index (χ3n) is 2.34. The molecule has 0 aliphatic carbocycles. The molecule has 4 nitrogen and oxygen atoms in total. The fourth-order valence-corrected chi connectivity index (χ4v) is 1.22. The Morgan fingerprint density at radius 3 is 2.44 bits per heavy atom. The summed E-state index contributed by atoms with van der Waals surface area (Å²) in [5, 5.41) is 3.70. The molecule has 1 rings (SSSR count). The Kier molecular flexibility index (Phi) is 6.69. The van der Waals surface area contributed by atoms with E-state index in [4.69, 9.17) is 14.3 Å². The van der Waals surface area contributed by atoms with Crippen LogP contribution in [0.3, 0.4) is 0 Å². The van der Waals surface area contributed by atoms with Crippen molar-refractivity contribution in [3.63, 3.8) is 0 Å². The maximum Gasteiger partial charge on any atom is 0.127 e. The minimum atomic E-state index is 0.232. The molecule has 0 aromatic heterocycles. The van der Waals surface area contributed by atoms with Gasteiger partial charge in [0.1, 0.15) is 24.7 Å². The Morgan fingerprint density at radius 1 is 1.17 bits per heavy atom. The Hall–Kier alpha value is -1.71. The second-order valence-electron chi connectivity index (χ2n) is 3.82. The van der Waals surface area contributed by atoms with E-state index in [1.54, 1.807) is 6.21 Å². The van der Waals surface area contributed by atoms with Gasteiger partial charge in [0.05, 0.1) is 12.3 Å². The van der Waals surface area contributed by atoms with Gasteiger partial charge in [-0.2, -0.15) is 0 Å². The molecule has 4 heteroatoms. The first-order chi connectivity index (χ1) is 8.76. The van der Waals surface area contributed by atoms with Crippen molar-refractivity contribution in [3.05, 3.63) is 24.3 Å². The molecule has 0 bridgehead atoms. The second-order valence-corrected chi connectivity index (χ2v) is 3.82. The summed E-state index contributed by atoms with van der Waals surface area (Å²) in [5.41, 5.74) is 0. The molecule has 0 saturated heterocycles. The second kappa shape index (κ2) is 8.39. The van der Waals surface area contributed by atoms with Crippen molar-refractivity contribution in [1.29, 1.82) is 0 Å². The van der Waals surface area contributed by atoms with Crippen molar-refractivity contribution in [3.8, 4) is 11.5 Å². The summed E-state index contributed by atoms with van der Waals surface area (Å²) in [7, 11) is 0. The first-order valence-electron chi connectivity index (χ1n) is 6.29. The maximum absolute atomic E-state index is 5.67. The van der Waals surface area contributed by atoms with Crippen LogP contribution in [0, 0.1) is 0 Å². The van der Waals surface area contributed by atoms with Crippen LogP contribution in [-0.4, -0.2) is 25.5 Å². The highest BCUT2D eigenvalue weighted by Crippen LogP contribution is 2.18. The molecular formula is C14H21NO3. The summed E-state index contributed by atoms with van der Waals surface area (Å²) < 4.78 is 11.1. The van der Waals surface area contributed by atoms with Gasteiger partial charge < -0.3 is 14.3 Å². The SMILES string of the molecule is CCON=CCOc1ccc(OC(C)CC)cc1. The molecule has 18 heavy (non-hydrogen) atoms. The van der Waals surface area contributed by atoms with Gasteiger partial charge in [0.2, 0.25) is 0 Å². The Bertz CT molecular complexity index is 349. The quantitative estimate of drug-likeness (QED) is 0.526. The zero-order chi connectivity index (χ0) is 13.2. The number of hydrogen-bond acceptors (Lipinski definition) is 4. The highest BCUT2D eigenvalue weighted by molar-refractivity contribution is 5.58. The summed E-state index contributed by atoms with van der Waals surface area (Å²) in [5.74, 6) is 1.65. The Morgan fingerprint density at radius 2 is 1.83 bits per heavy atom. The van der Waals surface area contributed by atoms with E-state index in [0.717, 1.165) is 17.9 Å². The molecule has 0 saturated carbocycles. The van der Waals surface area contributed by atoms with Gasteiger partial charge in [-0.15, -0.1) is 0 Å². The lowest BCUT2D eigenvalue weighted by atomic mass is 10.3. The van der Waals surface area contributed by atoms with Crippen LogP contribution < -0.4 is 9.47 Å². The predicted molar refractivity (Wildman–Crippen MR) is 72.4 cm³/mol. The number of hydrogen-bond donors (Lipinski definition) is 0. The topological polar surface area (TPSA) is 40.0 Å². The molecule has 1 aromatic rings. The van der Waals surface area contributed by atoms with Crippen LogP contribution in [0.1, 0.15) is 27.2 Å². The molecule has 0 N–H and O–H groups in total. The lowest BCUT2D eigenvalue weighted by Crippen LogP contribution is -2.09. The molecule has 0 aliphatic heterocycles. The molecule has 0 amide bonds.